The van der Waals surface area contributed by atoms with E-state index in [9.17, 15) is 9.59 Å². The summed E-state index contributed by atoms with van der Waals surface area (Å²) in [5.74, 6) is 0.843. The van der Waals surface area contributed by atoms with Crippen molar-refractivity contribution in [2.24, 2.45) is 0 Å². The lowest BCUT2D eigenvalue weighted by molar-refractivity contribution is -0.129. The normalized spacial score (nSPS) is 11.3. The first kappa shape index (κ1) is 15.6. The molecule has 0 aromatic heterocycles. The molecule has 0 N–H and O–H groups in total. The number of esters is 2. The first-order valence-corrected chi connectivity index (χ1v) is 7.21. The Morgan fingerprint density at radius 1 is 0.875 bits per heavy atom. The number of hydrogen-bond acceptors (Lipinski definition) is 5. The van der Waals surface area contributed by atoms with E-state index in [-0.39, 0.29) is 0 Å². The van der Waals surface area contributed by atoms with Gasteiger partial charge in [-0.3, -0.25) is 0 Å². The topological polar surface area (TPSA) is 61.8 Å². The van der Waals surface area contributed by atoms with Crippen LogP contribution in [0.2, 0.25) is 0 Å². The Bertz CT molecular complexity index is 781. The molecule has 120 valence electrons. The molecule has 0 bridgehead atoms. The van der Waals surface area contributed by atoms with Crippen molar-refractivity contribution in [3.05, 3.63) is 72.8 Å². The zero-order chi connectivity index (χ0) is 17.1. The molecule has 0 unspecified atom stereocenters. The highest BCUT2D eigenvalue weighted by Crippen LogP contribution is 2.40. The molecule has 2 aromatic rings. The van der Waals surface area contributed by atoms with Crippen LogP contribution >= 0.6 is 0 Å². The first-order chi connectivity index (χ1) is 11.6. The van der Waals surface area contributed by atoms with Gasteiger partial charge < -0.3 is 14.2 Å². The highest BCUT2D eigenvalue weighted by molar-refractivity contribution is 5.84. The van der Waals surface area contributed by atoms with Crippen molar-refractivity contribution >= 4 is 11.9 Å². The van der Waals surface area contributed by atoms with E-state index in [1.54, 1.807) is 24.3 Å². The molecule has 0 radical (unpaired) electrons. The van der Waals surface area contributed by atoms with E-state index in [0.29, 0.717) is 29.4 Å². The Morgan fingerprint density at radius 3 is 1.75 bits per heavy atom. The van der Waals surface area contributed by atoms with E-state index >= 15 is 0 Å². The summed E-state index contributed by atoms with van der Waals surface area (Å²) in [6.07, 6.45) is 2.85. The smallest absolute Gasteiger partial charge is 0.335 e. The average Bonchev–Trinajstić information content (AvgIpc) is 2.59. The Balaban J connectivity index is 1.85. The Hall–Kier alpha value is -3.34. The molecule has 0 aliphatic carbocycles. The van der Waals surface area contributed by atoms with Crippen LogP contribution in [0.1, 0.15) is 11.1 Å². The van der Waals surface area contributed by atoms with E-state index in [4.69, 9.17) is 14.2 Å². The van der Waals surface area contributed by atoms with Gasteiger partial charge in [0.05, 0.1) is 0 Å². The fourth-order valence-corrected chi connectivity index (χ4v) is 2.32. The predicted molar refractivity (Wildman–Crippen MR) is 87.4 cm³/mol. The van der Waals surface area contributed by atoms with Gasteiger partial charge in [0.2, 0.25) is 0 Å². The van der Waals surface area contributed by atoms with Gasteiger partial charge in [0.25, 0.3) is 0 Å². The fraction of sp³-hybridized carbons (Fsp3) is 0.0526. The average molecular weight is 322 g/mol. The van der Waals surface area contributed by atoms with E-state index in [1.807, 2.05) is 12.1 Å². The summed E-state index contributed by atoms with van der Waals surface area (Å²) in [7, 11) is 0. The second kappa shape index (κ2) is 6.42. The Labute approximate surface area is 138 Å². The highest BCUT2D eigenvalue weighted by atomic mass is 16.5. The number of carbonyl (C=O) groups is 2. The number of hydrogen-bond donors (Lipinski definition) is 0. The standard InChI is InChI=1S/C19H14O5/c1-3-18(20)22-14-7-5-12-9-13-6-8-15(23-19(21)4-2)11-17(13)24-16(12)10-14/h3-8,10-11H,1-2,9H2. The summed E-state index contributed by atoms with van der Waals surface area (Å²) in [6, 6.07) is 10.4. The molecule has 2 aromatic carbocycles. The second-order valence-electron chi connectivity index (χ2n) is 5.07. The van der Waals surface area contributed by atoms with Crippen molar-refractivity contribution < 1.29 is 23.8 Å². The van der Waals surface area contributed by atoms with Crippen LogP contribution < -0.4 is 14.2 Å². The SMILES string of the molecule is C=CC(=O)Oc1ccc2c(c1)Oc1cc(OC(=O)C=C)ccc1C2. The summed E-state index contributed by atoms with van der Waals surface area (Å²) in [5.41, 5.74) is 1.94. The van der Waals surface area contributed by atoms with Gasteiger partial charge in [-0.1, -0.05) is 25.3 Å². The molecule has 5 heteroatoms. The quantitative estimate of drug-likeness (QED) is 0.417. The molecule has 3 rings (SSSR count). The summed E-state index contributed by atoms with van der Waals surface area (Å²) >= 11 is 0. The van der Waals surface area contributed by atoms with Crippen molar-refractivity contribution in [3.63, 3.8) is 0 Å². The van der Waals surface area contributed by atoms with E-state index in [1.165, 1.54) is 0 Å². The molecule has 1 heterocycles. The van der Waals surface area contributed by atoms with Crippen LogP contribution in [0.5, 0.6) is 23.0 Å². The molecular weight excluding hydrogens is 308 g/mol. The second-order valence-corrected chi connectivity index (χ2v) is 5.07. The lowest BCUT2D eigenvalue weighted by Crippen LogP contribution is -2.07. The molecular formula is C19H14O5. The van der Waals surface area contributed by atoms with Crippen molar-refractivity contribution in [2.75, 3.05) is 0 Å². The summed E-state index contributed by atoms with van der Waals surface area (Å²) in [6.45, 7) is 6.72. The molecule has 0 fully saturated rings. The van der Waals surface area contributed by atoms with Crippen LogP contribution in [0.3, 0.4) is 0 Å². The fourth-order valence-electron chi connectivity index (χ4n) is 2.32. The Kier molecular flexibility index (Phi) is 4.16. The lowest BCUT2D eigenvalue weighted by Gasteiger charge is -2.21. The van der Waals surface area contributed by atoms with Crippen molar-refractivity contribution in [1.82, 2.24) is 0 Å². The van der Waals surface area contributed by atoms with Crippen LogP contribution in [0.25, 0.3) is 0 Å². The van der Waals surface area contributed by atoms with Crippen LogP contribution in [-0.4, -0.2) is 11.9 Å². The maximum atomic E-state index is 11.3. The van der Waals surface area contributed by atoms with E-state index in [0.717, 1.165) is 23.3 Å². The van der Waals surface area contributed by atoms with Crippen LogP contribution in [-0.2, 0) is 16.0 Å². The predicted octanol–water partition coefficient (Wildman–Crippen LogP) is 3.57. The monoisotopic (exact) mass is 322 g/mol. The zero-order valence-electron chi connectivity index (χ0n) is 12.8. The van der Waals surface area contributed by atoms with Crippen LogP contribution in [0.15, 0.2) is 61.7 Å². The summed E-state index contributed by atoms with van der Waals surface area (Å²) < 4.78 is 16.0. The molecule has 0 amide bonds. The van der Waals surface area contributed by atoms with Gasteiger partial charge in [0.1, 0.15) is 23.0 Å². The molecule has 1 aliphatic heterocycles. The Morgan fingerprint density at radius 2 is 1.33 bits per heavy atom. The van der Waals surface area contributed by atoms with Crippen molar-refractivity contribution in [2.45, 2.75) is 6.42 Å². The van der Waals surface area contributed by atoms with Gasteiger partial charge >= 0.3 is 11.9 Å². The third-order valence-corrected chi connectivity index (χ3v) is 3.45. The summed E-state index contributed by atoms with van der Waals surface area (Å²) in [5, 5.41) is 0. The van der Waals surface area contributed by atoms with Gasteiger partial charge in [-0.25, -0.2) is 9.59 Å². The molecule has 0 spiro atoms. The van der Waals surface area contributed by atoms with Gasteiger partial charge in [-0.15, -0.1) is 0 Å². The van der Waals surface area contributed by atoms with Gasteiger partial charge in [-0.2, -0.15) is 0 Å². The number of benzene rings is 2. The van der Waals surface area contributed by atoms with Crippen molar-refractivity contribution in [3.8, 4) is 23.0 Å². The van der Waals surface area contributed by atoms with Gasteiger partial charge in [0, 0.05) is 30.7 Å². The van der Waals surface area contributed by atoms with Gasteiger partial charge in [-0.05, 0) is 23.3 Å². The third-order valence-electron chi connectivity index (χ3n) is 3.45. The van der Waals surface area contributed by atoms with Gasteiger partial charge in [0.15, 0.2) is 0 Å². The van der Waals surface area contributed by atoms with Crippen LogP contribution in [0, 0.1) is 0 Å². The number of carbonyl (C=O) groups excluding carboxylic acids is 2. The molecule has 0 atom stereocenters. The number of rotatable bonds is 4. The first-order valence-electron chi connectivity index (χ1n) is 7.21. The van der Waals surface area contributed by atoms with E-state index in [2.05, 4.69) is 13.2 Å². The zero-order valence-corrected chi connectivity index (χ0v) is 12.8. The maximum absolute atomic E-state index is 11.3. The largest absolute Gasteiger partial charge is 0.456 e. The maximum Gasteiger partial charge on any atom is 0.335 e. The molecule has 0 saturated heterocycles. The molecule has 24 heavy (non-hydrogen) atoms. The number of fused-ring (bicyclic) bond motifs is 2. The lowest BCUT2D eigenvalue weighted by atomic mass is 10.00. The molecule has 1 aliphatic rings. The van der Waals surface area contributed by atoms with Crippen molar-refractivity contribution in [1.29, 1.82) is 0 Å². The minimum absolute atomic E-state index is 0.372. The minimum Gasteiger partial charge on any atom is -0.456 e. The molecule has 0 saturated carbocycles. The van der Waals surface area contributed by atoms with E-state index < -0.39 is 11.9 Å². The minimum atomic E-state index is -0.537. The molecule has 5 nitrogen and oxygen atoms in total. The van der Waals surface area contributed by atoms with Crippen LogP contribution in [0.4, 0.5) is 0 Å². The summed E-state index contributed by atoms with van der Waals surface area (Å²) in [4.78, 5) is 22.6. The number of ether oxygens (including phenoxy) is 3. The third kappa shape index (κ3) is 3.20. The highest BCUT2D eigenvalue weighted by Gasteiger charge is 2.19.